The van der Waals surface area contributed by atoms with Gasteiger partial charge >= 0.3 is 0 Å². The molecular formula is C29H24IrNO2S-. The normalized spacial score (nSPS) is 13.7. The van der Waals surface area contributed by atoms with Crippen molar-refractivity contribution in [3.8, 4) is 11.3 Å². The van der Waals surface area contributed by atoms with Crippen molar-refractivity contribution in [1.82, 2.24) is 4.98 Å². The quantitative estimate of drug-likeness (QED) is 0.116. The van der Waals surface area contributed by atoms with Gasteiger partial charge in [0.1, 0.15) is 0 Å². The Balaban J connectivity index is 0.000000303. The largest absolute Gasteiger partial charge is 0.512 e. The predicted octanol–water partition coefficient (Wildman–Crippen LogP) is 7.74. The number of benzene rings is 3. The molecule has 0 unspecified atom stereocenters. The third-order valence-electron chi connectivity index (χ3n) is 6.17. The van der Waals surface area contributed by atoms with E-state index in [4.69, 9.17) is 10.1 Å². The molecule has 1 aliphatic carbocycles. The molecule has 34 heavy (non-hydrogen) atoms. The third-order valence-corrected chi connectivity index (χ3v) is 7.29. The number of hydrogen-bond acceptors (Lipinski definition) is 4. The number of thiophene rings is 1. The van der Waals surface area contributed by atoms with Crippen LogP contribution in [0.4, 0.5) is 0 Å². The molecule has 2 heterocycles. The first-order valence-corrected chi connectivity index (χ1v) is 11.7. The van der Waals surface area contributed by atoms with E-state index in [0.717, 1.165) is 16.8 Å². The number of carbonyl (C=O) groups is 1. The van der Waals surface area contributed by atoms with Gasteiger partial charge in [-0.15, -0.1) is 23.8 Å². The van der Waals surface area contributed by atoms with Crippen LogP contribution in [0, 0.1) is 6.07 Å². The van der Waals surface area contributed by atoms with Crippen LogP contribution in [0.25, 0.3) is 42.3 Å². The van der Waals surface area contributed by atoms with E-state index in [-0.39, 0.29) is 37.1 Å². The third kappa shape index (κ3) is 3.98. The van der Waals surface area contributed by atoms with E-state index in [1.165, 1.54) is 56.6 Å². The molecule has 2 aromatic heterocycles. The summed E-state index contributed by atoms with van der Waals surface area (Å²) in [5, 5.41) is 12.3. The van der Waals surface area contributed by atoms with E-state index in [1.54, 1.807) is 0 Å². The molecular weight excluding hydrogens is 619 g/mol. The van der Waals surface area contributed by atoms with Crippen LogP contribution in [0.3, 0.4) is 0 Å². The van der Waals surface area contributed by atoms with E-state index < -0.39 is 0 Å². The van der Waals surface area contributed by atoms with Crippen LogP contribution in [0.2, 0.25) is 0 Å². The van der Waals surface area contributed by atoms with Gasteiger partial charge in [0, 0.05) is 36.3 Å². The maximum absolute atomic E-state index is 10.0. The molecule has 5 aromatic rings. The summed E-state index contributed by atoms with van der Waals surface area (Å²) in [6, 6.07) is 25.2. The van der Waals surface area contributed by atoms with Gasteiger partial charge in [-0.05, 0) is 52.7 Å². The summed E-state index contributed by atoms with van der Waals surface area (Å²) < 4.78 is 2.67. The zero-order valence-corrected chi connectivity index (χ0v) is 22.6. The number of hydrogen-bond donors (Lipinski definition) is 1. The molecule has 1 aliphatic rings. The van der Waals surface area contributed by atoms with Crippen LogP contribution < -0.4 is 0 Å². The maximum atomic E-state index is 10.0. The summed E-state index contributed by atoms with van der Waals surface area (Å²) in [4.78, 5) is 15.1. The first-order valence-electron chi connectivity index (χ1n) is 10.9. The number of aliphatic hydroxyl groups excluding tert-OH is 1. The van der Waals surface area contributed by atoms with Crippen LogP contribution in [-0.4, -0.2) is 15.9 Å². The fraction of sp³-hybridized carbons (Fsp3) is 0.172. The monoisotopic (exact) mass is 643 g/mol. The van der Waals surface area contributed by atoms with Crippen LogP contribution in [0.1, 0.15) is 38.8 Å². The van der Waals surface area contributed by atoms with Crippen LogP contribution in [0.15, 0.2) is 72.5 Å². The number of rotatable bonds is 1. The molecule has 3 aromatic carbocycles. The Bertz CT molecular complexity index is 1590. The number of aliphatic hydroxyl groups is 1. The van der Waals surface area contributed by atoms with Crippen molar-refractivity contribution in [3.05, 3.63) is 89.7 Å². The first kappa shape index (κ1) is 24.3. The van der Waals surface area contributed by atoms with Gasteiger partial charge in [-0.2, -0.15) is 11.3 Å². The van der Waals surface area contributed by atoms with Crippen molar-refractivity contribution in [2.75, 3.05) is 0 Å². The van der Waals surface area contributed by atoms with Gasteiger partial charge in [-0.25, -0.2) is 0 Å². The Hall–Kier alpha value is -2.85. The van der Waals surface area contributed by atoms with E-state index >= 15 is 0 Å². The fourth-order valence-electron chi connectivity index (χ4n) is 4.73. The first-order chi connectivity index (χ1) is 15.8. The molecule has 0 spiro atoms. The summed E-state index contributed by atoms with van der Waals surface area (Å²) in [6.45, 7) is 7.50. The second kappa shape index (κ2) is 9.07. The fourth-order valence-corrected chi connectivity index (χ4v) is 5.87. The number of ketones is 1. The number of pyridine rings is 1. The van der Waals surface area contributed by atoms with Crippen molar-refractivity contribution in [2.24, 2.45) is 0 Å². The molecule has 6 rings (SSSR count). The SMILES string of the molecule is CC(=O)/C=C(/C)O.CC1(C)c2cc3ccccc3nc2-c2[c-]ccc3sc4cccc1c4c23.[Ir]. The minimum absolute atomic E-state index is 0. The Morgan fingerprint density at radius 1 is 1.00 bits per heavy atom. The molecule has 0 bridgehead atoms. The maximum Gasteiger partial charge on any atom is 0.155 e. The molecule has 173 valence electrons. The summed E-state index contributed by atoms with van der Waals surface area (Å²) in [5.74, 6) is -0.0625. The van der Waals surface area contributed by atoms with Gasteiger partial charge < -0.3 is 5.11 Å². The molecule has 5 heteroatoms. The van der Waals surface area contributed by atoms with E-state index in [1.807, 2.05) is 17.4 Å². The second-order valence-electron chi connectivity index (χ2n) is 8.97. The summed E-state index contributed by atoms with van der Waals surface area (Å²) >= 11 is 1.87. The average Bonchev–Trinajstić information content (AvgIpc) is 3.13. The van der Waals surface area contributed by atoms with Crippen LogP contribution in [0.5, 0.6) is 0 Å². The van der Waals surface area contributed by atoms with Gasteiger partial charge in [-0.1, -0.05) is 61.2 Å². The standard InChI is InChI=1S/C24H16NS.C5H8O2.Ir/c1-24(2)16-9-6-12-20-22(16)21-15(8-5-11-19(21)26-20)23-17(24)13-14-7-3-4-10-18(14)25-23;1-4(6)3-5(2)7;/h3-7,9-13H,1-2H3;3,6H,1-2H3;/q-1;;/b;4-3-;. The number of nitrogens with zero attached hydrogens (tertiary/aromatic N) is 1. The minimum Gasteiger partial charge on any atom is -0.512 e. The van der Waals surface area contributed by atoms with Gasteiger partial charge in [0.2, 0.25) is 0 Å². The Kier molecular flexibility index (Phi) is 6.48. The Labute approximate surface area is 216 Å². The van der Waals surface area contributed by atoms with E-state index in [2.05, 4.69) is 74.5 Å². The molecule has 0 saturated carbocycles. The van der Waals surface area contributed by atoms with Gasteiger partial charge in [0.15, 0.2) is 5.78 Å². The molecule has 1 N–H and O–H groups in total. The predicted molar refractivity (Wildman–Crippen MR) is 138 cm³/mol. The minimum atomic E-state index is -0.125. The van der Waals surface area contributed by atoms with Crippen molar-refractivity contribution >= 4 is 48.2 Å². The zero-order chi connectivity index (χ0) is 23.3. The number of carbonyl (C=O) groups excluding carboxylic acids is 1. The molecule has 3 nitrogen and oxygen atoms in total. The number of allylic oxidation sites excluding steroid dienone is 2. The number of para-hydroxylation sites is 1. The summed E-state index contributed by atoms with van der Waals surface area (Å²) in [6.07, 6.45) is 1.17. The second-order valence-corrected chi connectivity index (χ2v) is 10.1. The van der Waals surface area contributed by atoms with Crippen LogP contribution >= 0.6 is 11.3 Å². The Morgan fingerprint density at radius 3 is 2.44 bits per heavy atom. The van der Waals surface area contributed by atoms with Crippen molar-refractivity contribution < 1.29 is 30.0 Å². The van der Waals surface area contributed by atoms with Crippen molar-refractivity contribution in [3.63, 3.8) is 0 Å². The molecule has 0 aliphatic heterocycles. The zero-order valence-electron chi connectivity index (χ0n) is 19.4. The average molecular weight is 643 g/mol. The van der Waals surface area contributed by atoms with Crippen molar-refractivity contribution in [2.45, 2.75) is 33.1 Å². The van der Waals surface area contributed by atoms with E-state index in [9.17, 15) is 4.79 Å². The molecule has 0 atom stereocenters. The van der Waals surface area contributed by atoms with Gasteiger partial charge in [-0.3, -0.25) is 9.78 Å². The summed E-state index contributed by atoms with van der Waals surface area (Å²) in [5.41, 5.74) is 5.83. The molecule has 0 fully saturated rings. The molecule has 1 radical (unpaired) electrons. The topological polar surface area (TPSA) is 50.2 Å². The number of fused-ring (bicyclic) bond motifs is 3. The van der Waals surface area contributed by atoms with E-state index in [0.29, 0.717) is 0 Å². The molecule has 0 saturated heterocycles. The van der Waals surface area contributed by atoms with Crippen LogP contribution in [-0.2, 0) is 30.3 Å². The number of aromatic nitrogens is 1. The van der Waals surface area contributed by atoms with Crippen molar-refractivity contribution in [1.29, 1.82) is 0 Å². The molecule has 0 amide bonds. The Morgan fingerprint density at radius 2 is 1.74 bits per heavy atom. The van der Waals surface area contributed by atoms with Gasteiger partial charge in [0.25, 0.3) is 0 Å². The van der Waals surface area contributed by atoms with Gasteiger partial charge in [0.05, 0.1) is 11.3 Å². The summed E-state index contributed by atoms with van der Waals surface area (Å²) in [7, 11) is 0. The smallest absolute Gasteiger partial charge is 0.155 e.